The Hall–Kier alpha value is -0.480. The van der Waals surface area contributed by atoms with Gasteiger partial charge in [0.25, 0.3) is 0 Å². The Balaban J connectivity index is 2.25. The standard InChI is InChI=1S/C15H20BrF2N/c1-3-8-19-10-6-7-15(2,9-10)13-12(17)5-4-11(16)14(13)18/h4-5,10,19H,3,6-9H2,1-2H3. The molecule has 1 nitrogen and oxygen atoms in total. The van der Waals surface area contributed by atoms with Crippen molar-refractivity contribution in [1.82, 2.24) is 5.32 Å². The Bertz CT molecular complexity index is 464. The zero-order valence-electron chi connectivity index (χ0n) is 11.4. The van der Waals surface area contributed by atoms with Gasteiger partial charge >= 0.3 is 0 Å². The van der Waals surface area contributed by atoms with Gasteiger partial charge in [0.1, 0.15) is 11.6 Å². The molecule has 1 saturated carbocycles. The van der Waals surface area contributed by atoms with Crippen LogP contribution < -0.4 is 5.32 Å². The van der Waals surface area contributed by atoms with Crippen molar-refractivity contribution in [3.8, 4) is 0 Å². The van der Waals surface area contributed by atoms with E-state index < -0.39 is 17.0 Å². The number of hydrogen-bond donors (Lipinski definition) is 1. The highest BCUT2D eigenvalue weighted by molar-refractivity contribution is 9.10. The summed E-state index contributed by atoms with van der Waals surface area (Å²) in [5.41, 5.74) is -0.175. The fourth-order valence-corrected chi connectivity index (χ4v) is 3.40. The van der Waals surface area contributed by atoms with Crippen molar-refractivity contribution in [2.75, 3.05) is 6.54 Å². The van der Waals surface area contributed by atoms with Crippen LogP contribution in [0, 0.1) is 11.6 Å². The third-order valence-corrected chi connectivity index (χ3v) is 4.68. The normalized spacial score (nSPS) is 26.9. The summed E-state index contributed by atoms with van der Waals surface area (Å²) in [5, 5.41) is 3.45. The van der Waals surface area contributed by atoms with E-state index in [1.807, 2.05) is 6.92 Å². The van der Waals surface area contributed by atoms with Gasteiger partial charge in [0, 0.05) is 11.6 Å². The van der Waals surface area contributed by atoms with Crippen LogP contribution >= 0.6 is 15.9 Å². The number of rotatable bonds is 4. The highest BCUT2D eigenvalue weighted by Gasteiger charge is 2.40. The van der Waals surface area contributed by atoms with Crippen LogP contribution in [-0.4, -0.2) is 12.6 Å². The molecule has 0 heterocycles. The molecule has 2 atom stereocenters. The van der Waals surface area contributed by atoms with Gasteiger partial charge in [-0.25, -0.2) is 8.78 Å². The highest BCUT2D eigenvalue weighted by Crippen LogP contribution is 2.44. The zero-order chi connectivity index (χ0) is 14.0. The largest absolute Gasteiger partial charge is 0.314 e. The first-order valence-electron chi connectivity index (χ1n) is 6.85. The molecule has 2 rings (SSSR count). The molecule has 0 amide bonds. The van der Waals surface area contributed by atoms with Gasteiger partial charge in [0.05, 0.1) is 4.47 Å². The maximum Gasteiger partial charge on any atom is 0.144 e. The van der Waals surface area contributed by atoms with Gasteiger partial charge in [-0.3, -0.25) is 0 Å². The van der Waals surface area contributed by atoms with Crippen LogP contribution in [0.3, 0.4) is 0 Å². The first-order chi connectivity index (χ1) is 8.98. The van der Waals surface area contributed by atoms with Gasteiger partial charge in [-0.1, -0.05) is 13.8 Å². The van der Waals surface area contributed by atoms with Crippen LogP contribution in [0.1, 0.15) is 45.1 Å². The first kappa shape index (κ1) is 14.9. The molecule has 19 heavy (non-hydrogen) atoms. The molecule has 1 aromatic rings. The third kappa shape index (κ3) is 3.00. The van der Waals surface area contributed by atoms with E-state index in [9.17, 15) is 8.78 Å². The van der Waals surface area contributed by atoms with Crippen LogP contribution in [0.2, 0.25) is 0 Å². The lowest BCUT2D eigenvalue weighted by molar-refractivity contribution is 0.407. The van der Waals surface area contributed by atoms with E-state index in [0.29, 0.717) is 10.5 Å². The molecule has 0 bridgehead atoms. The SMILES string of the molecule is CCCNC1CCC(C)(c2c(F)ccc(Br)c2F)C1. The number of benzene rings is 1. The second-order valence-corrected chi connectivity index (χ2v) is 6.53. The summed E-state index contributed by atoms with van der Waals surface area (Å²) in [6, 6.07) is 3.14. The summed E-state index contributed by atoms with van der Waals surface area (Å²) < 4.78 is 28.6. The van der Waals surface area contributed by atoms with Crippen LogP contribution in [0.15, 0.2) is 16.6 Å². The Kier molecular flexibility index (Phi) is 4.62. The second-order valence-electron chi connectivity index (χ2n) is 5.67. The molecule has 2 unspecified atom stereocenters. The average Bonchev–Trinajstić information content (AvgIpc) is 2.74. The molecular weight excluding hydrogens is 312 g/mol. The molecule has 0 aromatic heterocycles. The average molecular weight is 332 g/mol. The lowest BCUT2D eigenvalue weighted by Gasteiger charge is -2.26. The van der Waals surface area contributed by atoms with Crippen molar-refractivity contribution >= 4 is 15.9 Å². The van der Waals surface area contributed by atoms with Gasteiger partial charge in [-0.2, -0.15) is 0 Å². The maximum absolute atomic E-state index is 14.2. The summed E-state index contributed by atoms with van der Waals surface area (Å²) in [7, 11) is 0. The van der Waals surface area contributed by atoms with E-state index >= 15 is 0 Å². The molecule has 0 spiro atoms. The van der Waals surface area contributed by atoms with Gasteiger partial charge in [0.2, 0.25) is 0 Å². The van der Waals surface area contributed by atoms with Crippen molar-refractivity contribution in [2.45, 2.75) is 51.0 Å². The van der Waals surface area contributed by atoms with Gasteiger partial charge < -0.3 is 5.32 Å². The minimum atomic E-state index is -0.446. The number of nitrogens with one attached hydrogen (secondary N) is 1. The van der Waals surface area contributed by atoms with E-state index in [0.717, 1.165) is 32.2 Å². The number of hydrogen-bond acceptors (Lipinski definition) is 1. The second kappa shape index (κ2) is 5.88. The molecule has 0 saturated heterocycles. The van der Waals surface area contributed by atoms with Crippen molar-refractivity contribution in [1.29, 1.82) is 0 Å². The van der Waals surface area contributed by atoms with E-state index in [1.54, 1.807) is 0 Å². The molecule has 0 aliphatic heterocycles. The summed E-state index contributed by atoms with van der Waals surface area (Å²) in [5.74, 6) is -0.877. The smallest absolute Gasteiger partial charge is 0.144 e. The summed E-state index contributed by atoms with van der Waals surface area (Å²) in [6.07, 6.45) is 3.66. The molecule has 0 radical (unpaired) electrons. The molecule has 4 heteroatoms. The summed E-state index contributed by atoms with van der Waals surface area (Å²) in [4.78, 5) is 0. The molecule has 106 valence electrons. The Morgan fingerprint density at radius 1 is 1.42 bits per heavy atom. The first-order valence-corrected chi connectivity index (χ1v) is 7.64. The quantitative estimate of drug-likeness (QED) is 0.799. The van der Waals surface area contributed by atoms with Crippen LogP contribution in [0.25, 0.3) is 0 Å². The lowest BCUT2D eigenvalue weighted by atomic mass is 9.80. The number of halogens is 3. The van der Waals surface area contributed by atoms with Crippen LogP contribution in [0.4, 0.5) is 8.78 Å². The van der Waals surface area contributed by atoms with Crippen molar-refractivity contribution in [2.24, 2.45) is 0 Å². The molecule has 1 aliphatic carbocycles. The Morgan fingerprint density at radius 2 is 2.16 bits per heavy atom. The monoisotopic (exact) mass is 331 g/mol. The van der Waals surface area contributed by atoms with Gasteiger partial charge in [-0.15, -0.1) is 0 Å². The predicted molar refractivity (Wildman–Crippen MR) is 77.3 cm³/mol. The summed E-state index contributed by atoms with van der Waals surface area (Å²) in [6.45, 7) is 5.05. The maximum atomic E-state index is 14.2. The van der Waals surface area contributed by atoms with Crippen molar-refractivity contribution < 1.29 is 8.78 Å². The van der Waals surface area contributed by atoms with Gasteiger partial charge in [0.15, 0.2) is 0 Å². The molecular formula is C15H20BrF2N. The minimum Gasteiger partial charge on any atom is -0.314 e. The van der Waals surface area contributed by atoms with E-state index in [1.165, 1.54) is 12.1 Å². The fraction of sp³-hybridized carbons (Fsp3) is 0.600. The Labute approximate surface area is 121 Å². The topological polar surface area (TPSA) is 12.0 Å². The highest BCUT2D eigenvalue weighted by atomic mass is 79.9. The predicted octanol–water partition coefficient (Wildman–Crippen LogP) is 4.54. The van der Waals surface area contributed by atoms with Crippen molar-refractivity contribution in [3.63, 3.8) is 0 Å². The van der Waals surface area contributed by atoms with Crippen LogP contribution in [-0.2, 0) is 5.41 Å². The Morgan fingerprint density at radius 3 is 2.84 bits per heavy atom. The fourth-order valence-electron chi connectivity index (χ4n) is 3.07. The molecule has 1 fully saturated rings. The molecule has 1 aliphatic rings. The van der Waals surface area contributed by atoms with E-state index in [4.69, 9.17) is 0 Å². The summed E-state index contributed by atoms with van der Waals surface area (Å²) >= 11 is 3.15. The third-order valence-electron chi connectivity index (χ3n) is 4.07. The van der Waals surface area contributed by atoms with Crippen LogP contribution in [0.5, 0.6) is 0 Å². The molecule has 1 N–H and O–H groups in total. The zero-order valence-corrected chi connectivity index (χ0v) is 13.0. The van der Waals surface area contributed by atoms with Gasteiger partial charge in [-0.05, 0) is 65.7 Å². The molecule has 1 aromatic carbocycles. The van der Waals surface area contributed by atoms with E-state index in [2.05, 4.69) is 28.2 Å². The van der Waals surface area contributed by atoms with E-state index in [-0.39, 0.29) is 5.56 Å². The lowest BCUT2D eigenvalue weighted by Crippen LogP contribution is -2.30. The van der Waals surface area contributed by atoms with Crippen molar-refractivity contribution in [3.05, 3.63) is 33.8 Å². The minimum absolute atomic E-state index is 0.239.